The van der Waals surface area contributed by atoms with Crippen molar-refractivity contribution in [1.82, 2.24) is 20.1 Å². The maximum Gasteiger partial charge on any atom is 0.251 e. The van der Waals surface area contributed by atoms with Crippen LogP contribution >= 0.6 is 0 Å². The summed E-state index contributed by atoms with van der Waals surface area (Å²) in [6.07, 6.45) is 4.84. The lowest BCUT2D eigenvalue weighted by Gasteiger charge is -2.08. The van der Waals surface area contributed by atoms with Crippen LogP contribution in [0.25, 0.3) is 0 Å². The van der Waals surface area contributed by atoms with Gasteiger partial charge < -0.3 is 5.32 Å². The summed E-state index contributed by atoms with van der Waals surface area (Å²) < 4.78 is 13.1. The molecule has 1 unspecified atom stereocenters. The third kappa shape index (κ3) is 5.10. The number of nitrogens with one attached hydrogen (secondary N) is 1. The molecule has 6 nitrogen and oxygen atoms in total. The summed E-state index contributed by atoms with van der Waals surface area (Å²) in [6.45, 7) is 1.12. The number of nitrogens with zero attached hydrogens (tertiary/aromatic N) is 3. The number of amides is 1. The van der Waals surface area contributed by atoms with E-state index in [2.05, 4.69) is 15.4 Å². The number of aromatic nitrogens is 3. The van der Waals surface area contributed by atoms with E-state index in [4.69, 9.17) is 0 Å². The van der Waals surface area contributed by atoms with Crippen LogP contribution in [0.15, 0.2) is 61.2 Å². The number of hydrogen-bond acceptors (Lipinski definition) is 4. The fourth-order valence-electron chi connectivity index (χ4n) is 2.59. The average Bonchev–Trinajstić information content (AvgIpc) is 3.13. The third-order valence-corrected chi connectivity index (χ3v) is 4.59. The Hall–Kier alpha value is -2.80. The summed E-state index contributed by atoms with van der Waals surface area (Å²) in [4.78, 5) is 16.3. The van der Waals surface area contributed by atoms with Crippen molar-refractivity contribution in [2.75, 3.05) is 6.26 Å². The molecule has 0 saturated heterocycles. The summed E-state index contributed by atoms with van der Waals surface area (Å²) >= 11 is 0. The SMILES string of the molecule is CS(=O)Cc1cccc(C(=O)NCc2ccc(Cn3cncn3)cc2)c1. The van der Waals surface area contributed by atoms with E-state index in [1.165, 1.54) is 6.33 Å². The summed E-state index contributed by atoms with van der Waals surface area (Å²) in [6, 6.07) is 15.3. The monoisotopic (exact) mass is 368 g/mol. The molecule has 3 rings (SSSR count). The lowest BCUT2D eigenvalue weighted by Crippen LogP contribution is -2.22. The highest BCUT2D eigenvalue weighted by Crippen LogP contribution is 2.09. The van der Waals surface area contributed by atoms with Crippen molar-refractivity contribution < 1.29 is 9.00 Å². The molecule has 1 atom stereocenters. The number of hydrogen-bond donors (Lipinski definition) is 1. The van der Waals surface area contributed by atoms with E-state index in [-0.39, 0.29) is 5.91 Å². The predicted octanol–water partition coefficient (Wildman–Crippen LogP) is 2.13. The quantitative estimate of drug-likeness (QED) is 0.693. The molecular weight excluding hydrogens is 348 g/mol. The van der Waals surface area contributed by atoms with E-state index in [9.17, 15) is 9.00 Å². The average molecular weight is 368 g/mol. The smallest absolute Gasteiger partial charge is 0.251 e. The van der Waals surface area contributed by atoms with Crippen molar-refractivity contribution in [2.45, 2.75) is 18.8 Å². The molecule has 1 N–H and O–H groups in total. The van der Waals surface area contributed by atoms with Gasteiger partial charge in [0.25, 0.3) is 5.91 Å². The molecule has 0 fully saturated rings. The van der Waals surface area contributed by atoms with Crippen LogP contribution in [0.2, 0.25) is 0 Å². The number of carbonyl (C=O) groups is 1. The Morgan fingerprint density at radius 2 is 1.88 bits per heavy atom. The Kier molecular flexibility index (Phi) is 5.91. The van der Waals surface area contributed by atoms with Gasteiger partial charge in [-0.05, 0) is 28.8 Å². The van der Waals surface area contributed by atoms with Crippen molar-refractivity contribution in [1.29, 1.82) is 0 Å². The molecular formula is C19H20N4O2S. The highest BCUT2D eigenvalue weighted by Gasteiger charge is 2.07. The Balaban J connectivity index is 1.56. The molecule has 26 heavy (non-hydrogen) atoms. The minimum absolute atomic E-state index is 0.138. The molecule has 0 spiro atoms. The van der Waals surface area contributed by atoms with Crippen LogP contribution in [-0.4, -0.2) is 31.1 Å². The Labute approximate surface area is 154 Å². The van der Waals surface area contributed by atoms with Gasteiger partial charge in [0.05, 0.1) is 6.54 Å². The van der Waals surface area contributed by atoms with Gasteiger partial charge in [0.15, 0.2) is 0 Å². The van der Waals surface area contributed by atoms with Gasteiger partial charge in [0, 0.05) is 34.9 Å². The summed E-state index contributed by atoms with van der Waals surface area (Å²) in [5.41, 5.74) is 3.61. The second-order valence-corrected chi connectivity index (χ2v) is 7.45. The molecule has 1 amide bonds. The van der Waals surface area contributed by atoms with Crippen LogP contribution in [-0.2, 0) is 29.6 Å². The van der Waals surface area contributed by atoms with Gasteiger partial charge in [-0.1, -0.05) is 36.4 Å². The minimum atomic E-state index is -0.928. The standard InChI is InChI=1S/C19H20N4O2S/c1-26(25)12-17-3-2-4-18(9-17)19(24)21-10-15-5-7-16(8-6-15)11-23-14-20-13-22-23/h2-9,13-14H,10-12H2,1H3,(H,21,24). The van der Waals surface area contributed by atoms with Crippen LogP contribution in [0, 0.1) is 0 Å². The van der Waals surface area contributed by atoms with E-state index in [0.717, 1.165) is 16.7 Å². The largest absolute Gasteiger partial charge is 0.348 e. The number of rotatable bonds is 7. The van der Waals surface area contributed by atoms with Crippen LogP contribution in [0.1, 0.15) is 27.0 Å². The molecule has 1 aromatic heterocycles. The van der Waals surface area contributed by atoms with Crippen molar-refractivity contribution in [3.63, 3.8) is 0 Å². The highest BCUT2D eigenvalue weighted by atomic mass is 32.2. The normalized spacial score (nSPS) is 11.9. The molecule has 3 aromatic rings. The molecule has 0 aliphatic rings. The molecule has 2 aromatic carbocycles. The maximum absolute atomic E-state index is 12.3. The van der Waals surface area contributed by atoms with Gasteiger partial charge in [0.2, 0.25) is 0 Å². The number of benzene rings is 2. The first kappa shape index (κ1) is 18.0. The van der Waals surface area contributed by atoms with Crippen molar-refractivity contribution in [2.24, 2.45) is 0 Å². The fraction of sp³-hybridized carbons (Fsp3) is 0.211. The van der Waals surface area contributed by atoms with Crippen LogP contribution in [0.4, 0.5) is 0 Å². The van der Waals surface area contributed by atoms with Crippen LogP contribution in [0.3, 0.4) is 0 Å². The van der Waals surface area contributed by atoms with Crippen molar-refractivity contribution in [3.8, 4) is 0 Å². The summed E-state index contributed by atoms with van der Waals surface area (Å²) in [7, 11) is -0.928. The lowest BCUT2D eigenvalue weighted by atomic mass is 10.1. The molecule has 1 heterocycles. The zero-order valence-corrected chi connectivity index (χ0v) is 15.3. The Morgan fingerprint density at radius 1 is 1.12 bits per heavy atom. The maximum atomic E-state index is 12.3. The van der Waals surface area contributed by atoms with Crippen LogP contribution < -0.4 is 5.32 Å². The Morgan fingerprint density at radius 3 is 2.58 bits per heavy atom. The molecule has 0 radical (unpaired) electrons. The van der Waals surface area contributed by atoms with Crippen molar-refractivity contribution in [3.05, 3.63) is 83.4 Å². The van der Waals surface area contributed by atoms with Gasteiger partial charge in [-0.15, -0.1) is 0 Å². The highest BCUT2D eigenvalue weighted by molar-refractivity contribution is 7.83. The molecule has 0 aliphatic heterocycles. The molecule has 0 aliphatic carbocycles. The van der Waals surface area contributed by atoms with Gasteiger partial charge in [-0.3, -0.25) is 9.00 Å². The second-order valence-electron chi connectivity index (χ2n) is 6.01. The molecule has 134 valence electrons. The zero-order chi connectivity index (χ0) is 18.4. The van der Waals surface area contributed by atoms with Gasteiger partial charge in [0.1, 0.15) is 12.7 Å². The van der Waals surface area contributed by atoms with Gasteiger partial charge >= 0.3 is 0 Å². The van der Waals surface area contributed by atoms with E-state index < -0.39 is 10.8 Å². The van der Waals surface area contributed by atoms with Crippen molar-refractivity contribution >= 4 is 16.7 Å². The first-order chi connectivity index (χ1) is 12.6. The number of carbonyl (C=O) groups excluding carboxylic acids is 1. The first-order valence-electron chi connectivity index (χ1n) is 8.17. The molecule has 0 bridgehead atoms. The Bertz CT molecular complexity index is 892. The zero-order valence-electron chi connectivity index (χ0n) is 14.5. The van der Waals surface area contributed by atoms with E-state index in [0.29, 0.717) is 24.4 Å². The topological polar surface area (TPSA) is 76.9 Å². The molecule has 7 heteroatoms. The van der Waals surface area contributed by atoms with Crippen LogP contribution in [0.5, 0.6) is 0 Å². The lowest BCUT2D eigenvalue weighted by molar-refractivity contribution is 0.0951. The van der Waals surface area contributed by atoms with Gasteiger partial charge in [-0.25, -0.2) is 9.67 Å². The fourth-order valence-corrected chi connectivity index (χ4v) is 3.23. The van der Waals surface area contributed by atoms with E-state index >= 15 is 0 Å². The molecule has 0 saturated carbocycles. The second kappa shape index (κ2) is 8.53. The third-order valence-electron chi connectivity index (χ3n) is 3.85. The summed E-state index contributed by atoms with van der Waals surface area (Å²) in [5, 5.41) is 7.00. The minimum Gasteiger partial charge on any atom is -0.348 e. The predicted molar refractivity (Wildman–Crippen MR) is 101 cm³/mol. The first-order valence-corrected chi connectivity index (χ1v) is 9.90. The van der Waals surface area contributed by atoms with Gasteiger partial charge in [-0.2, -0.15) is 5.10 Å². The summed E-state index contributed by atoms with van der Waals surface area (Å²) in [5.74, 6) is 0.314. The van der Waals surface area contributed by atoms with E-state index in [1.54, 1.807) is 29.4 Å². The van der Waals surface area contributed by atoms with E-state index in [1.807, 2.05) is 36.4 Å².